The van der Waals surface area contributed by atoms with Crippen LogP contribution in [0, 0.1) is 5.92 Å². The highest BCUT2D eigenvalue weighted by Gasteiger charge is 2.50. The third-order valence-electron chi connectivity index (χ3n) is 5.60. The van der Waals surface area contributed by atoms with E-state index in [1.165, 1.54) is 0 Å². The second-order valence-corrected chi connectivity index (χ2v) is 7.42. The van der Waals surface area contributed by atoms with E-state index in [1.807, 2.05) is 30.3 Å². The summed E-state index contributed by atoms with van der Waals surface area (Å²) in [7, 11) is 0. The maximum absolute atomic E-state index is 12.2. The second-order valence-electron chi connectivity index (χ2n) is 7.42. The number of esters is 1. The number of hydrogen-bond acceptors (Lipinski definition) is 6. The number of carbonyl (C=O) groups excluding carboxylic acids is 1. The van der Waals surface area contributed by atoms with Crippen molar-refractivity contribution < 1.29 is 28.8 Å². The van der Waals surface area contributed by atoms with Crippen LogP contribution in [0.2, 0.25) is 0 Å². The molecule has 2 heterocycles. The number of rotatable bonds is 6. The van der Waals surface area contributed by atoms with Crippen LogP contribution >= 0.6 is 0 Å². The lowest BCUT2D eigenvalue weighted by atomic mass is 10.0. The molecule has 142 valence electrons. The summed E-state index contributed by atoms with van der Waals surface area (Å²) in [5.41, 5.74) is 1.10. The molecule has 0 spiro atoms. The molecule has 0 amide bonds. The van der Waals surface area contributed by atoms with Crippen LogP contribution in [0.3, 0.4) is 0 Å². The third-order valence-corrected chi connectivity index (χ3v) is 5.60. The molecular formula is C20H26O6. The summed E-state index contributed by atoms with van der Waals surface area (Å²) in [6.45, 7) is 1.28. The summed E-state index contributed by atoms with van der Waals surface area (Å²) in [5, 5.41) is 9.86. The summed E-state index contributed by atoms with van der Waals surface area (Å²) in [6.07, 6.45) is 1.50. The van der Waals surface area contributed by atoms with Crippen molar-refractivity contribution in [2.75, 3.05) is 13.2 Å². The fourth-order valence-corrected chi connectivity index (χ4v) is 4.14. The monoisotopic (exact) mass is 362 g/mol. The van der Waals surface area contributed by atoms with Crippen LogP contribution in [0.25, 0.3) is 0 Å². The van der Waals surface area contributed by atoms with E-state index in [0.717, 1.165) is 24.8 Å². The number of aliphatic hydroxyl groups is 1. The maximum Gasteiger partial charge on any atom is 0.306 e. The first-order valence-electron chi connectivity index (χ1n) is 9.47. The highest BCUT2D eigenvalue weighted by Crippen LogP contribution is 2.33. The van der Waals surface area contributed by atoms with Gasteiger partial charge in [-0.2, -0.15) is 0 Å². The van der Waals surface area contributed by atoms with E-state index in [0.29, 0.717) is 19.8 Å². The fourth-order valence-electron chi connectivity index (χ4n) is 4.14. The van der Waals surface area contributed by atoms with Gasteiger partial charge in [0.05, 0.1) is 32.3 Å². The molecule has 4 rings (SSSR count). The first-order chi connectivity index (χ1) is 12.7. The number of ether oxygens (including phenoxy) is 4. The van der Waals surface area contributed by atoms with Crippen molar-refractivity contribution in [3.8, 4) is 0 Å². The van der Waals surface area contributed by atoms with Crippen molar-refractivity contribution in [2.45, 2.75) is 62.8 Å². The molecule has 2 aliphatic heterocycles. The molecule has 6 atom stereocenters. The molecule has 1 saturated carbocycles. The molecule has 0 radical (unpaired) electrons. The molecule has 0 unspecified atom stereocenters. The quantitative estimate of drug-likeness (QED) is 0.779. The van der Waals surface area contributed by atoms with Crippen LogP contribution in [0.15, 0.2) is 30.3 Å². The predicted molar refractivity (Wildman–Crippen MR) is 92.3 cm³/mol. The first-order valence-corrected chi connectivity index (χ1v) is 9.47. The van der Waals surface area contributed by atoms with E-state index in [1.54, 1.807) is 0 Å². The number of aliphatic hydroxyl groups excluding tert-OH is 1. The van der Waals surface area contributed by atoms with Gasteiger partial charge < -0.3 is 24.1 Å². The normalized spacial score (nSPS) is 36.2. The van der Waals surface area contributed by atoms with E-state index in [4.69, 9.17) is 18.9 Å². The van der Waals surface area contributed by atoms with Gasteiger partial charge in [0.1, 0.15) is 18.3 Å². The van der Waals surface area contributed by atoms with Crippen molar-refractivity contribution in [1.82, 2.24) is 0 Å². The minimum atomic E-state index is -0.392. The molecule has 6 heteroatoms. The summed E-state index contributed by atoms with van der Waals surface area (Å²) >= 11 is 0. The van der Waals surface area contributed by atoms with E-state index in [-0.39, 0.29) is 42.7 Å². The highest BCUT2D eigenvalue weighted by atomic mass is 16.7. The number of benzene rings is 1. The smallest absolute Gasteiger partial charge is 0.306 e. The molecule has 1 aromatic rings. The van der Waals surface area contributed by atoms with Gasteiger partial charge in [-0.25, -0.2) is 0 Å². The molecule has 1 N–H and O–H groups in total. The average Bonchev–Trinajstić information content (AvgIpc) is 3.33. The van der Waals surface area contributed by atoms with E-state index < -0.39 is 6.10 Å². The average molecular weight is 362 g/mol. The van der Waals surface area contributed by atoms with Gasteiger partial charge in [0.15, 0.2) is 6.10 Å². The van der Waals surface area contributed by atoms with Crippen LogP contribution in [-0.4, -0.2) is 54.8 Å². The molecular weight excluding hydrogens is 336 g/mol. The van der Waals surface area contributed by atoms with Gasteiger partial charge >= 0.3 is 5.97 Å². The minimum absolute atomic E-state index is 0.0204. The largest absolute Gasteiger partial charge is 0.457 e. The lowest BCUT2D eigenvalue weighted by Gasteiger charge is -2.19. The van der Waals surface area contributed by atoms with Crippen molar-refractivity contribution in [3.63, 3.8) is 0 Å². The van der Waals surface area contributed by atoms with Gasteiger partial charge in [-0.1, -0.05) is 36.8 Å². The molecule has 0 aromatic heterocycles. The predicted octanol–water partition coefficient (Wildman–Crippen LogP) is 1.83. The Morgan fingerprint density at radius 1 is 1.08 bits per heavy atom. The molecule has 1 aromatic carbocycles. The maximum atomic E-state index is 12.2. The van der Waals surface area contributed by atoms with Gasteiger partial charge in [-0.05, 0) is 24.3 Å². The Balaban J connectivity index is 1.26. The van der Waals surface area contributed by atoms with Gasteiger partial charge in [0.2, 0.25) is 0 Å². The van der Waals surface area contributed by atoms with Crippen molar-refractivity contribution >= 4 is 5.97 Å². The first kappa shape index (κ1) is 17.9. The van der Waals surface area contributed by atoms with E-state index in [2.05, 4.69) is 0 Å². The van der Waals surface area contributed by atoms with Crippen molar-refractivity contribution in [2.24, 2.45) is 5.92 Å². The van der Waals surface area contributed by atoms with Crippen LogP contribution < -0.4 is 0 Å². The molecule has 3 aliphatic rings. The summed E-state index contributed by atoms with van der Waals surface area (Å²) in [4.78, 5) is 12.2. The Morgan fingerprint density at radius 2 is 1.81 bits per heavy atom. The summed E-state index contributed by atoms with van der Waals surface area (Å²) in [5.74, 6) is -0.255. The zero-order valence-electron chi connectivity index (χ0n) is 14.8. The Labute approximate surface area is 153 Å². The molecule has 26 heavy (non-hydrogen) atoms. The topological polar surface area (TPSA) is 74.2 Å². The Kier molecular flexibility index (Phi) is 5.55. The molecule has 0 bridgehead atoms. The standard InChI is InChI=1S/C20H26O6/c21-15-8-4-7-14(15)9-18(22)26-17-12-25-19-16(11-24-20(17)19)23-10-13-5-2-1-3-6-13/h1-3,5-6,14-17,19-21H,4,7-12H2/t14-,15+,16+,17-,19-,20-/m1/s1. The second kappa shape index (κ2) is 8.05. The zero-order valence-corrected chi connectivity index (χ0v) is 14.8. The lowest BCUT2D eigenvalue weighted by molar-refractivity contribution is -0.155. The van der Waals surface area contributed by atoms with Crippen molar-refractivity contribution in [3.05, 3.63) is 35.9 Å². The molecule has 6 nitrogen and oxygen atoms in total. The lowest BCUT2D eigenvalue weighted by Crippen LogP contribution is -2.35. The molecule has 2 saturated heterocycles. The van der Waals surface area contributed by atoms with Gasteiger partial charge in [-0.3, -0.25) is 4.79 Å². The van der Waals surface area contributed by atoms with Crippen LogP contribution in [0.1, 0.15) is 31.2 Å². The highest BCUT2D eigenvalue weighted by molar-refractivity contribution is 5.70. The minimum Gasteiger partial charge on any atom is -0.457 e. The molecule has 1 aliphatic carbocycles. The Bertz CT molecular complexity index is 606. The number of carbonyl (C=O) groups is 1. The Morgan fingerprint density at radius 3 is 2.54 bits per heavy atom. The third kappa shape index (κ3) is 3.93. The van der Waals surface area contributed by atoms with Gasteiger partial charge in [0.25, 0.3) is 0 Å². The molecule has 3 fully saturated rings. The number of fused-ring (bicyclic) bond motifs is 1. The van der Waals surface area contributed by atoms with E-state index in [9.17, 15) is 9.90 Å². The van der Waals surface area contributed by atoms with Crippen LogP contribution in [0.4, 0.5) is 0 Å². The number of hydrogen-bond donors (Lipinski definition) is 1. The van der Waals surface area contributed by atoms with Gasteiger partial charge in [0, 0.05) is 0 Å². The fraction of sp³-hybridized carbons (Fsp3) is 0.650. The summed E-state index contributed by atoms with van der Waals surface area (Å²) in [6, 6.07) is 9.97. The summed E-state index contributed by atoms with van der Waals surface area (Å²) < 4.78 is 23.2. The van der Waals surface area contributed by atoms with E-state index >= 15 is 0 Å². The zero-order chi connectivity index (χ0) is 17.9. The van der Waals surface area contributed by atoms with Gasteiger partial charge in [-0.15, -0.1) is 0 Å². The Hall–Kier alpha value is -1.47. The van der Waals surface area contributed by atoms with Crippen LogP contribution in [-0.2, 0) is 30.3 Å². The van der Waals surface area contributed by atoms with Crippen LogP contribution in [0.5, 0.6) is 0 Å². The SMILES string of the molecule is O=C(C[C@H]1CCC[C@@H]1O)O[C@@H]1CO[C@H]2[C@@H]1OC[C@@H]2OCc1ccccc1. The van der Waals surface area contributed by atoms with Crippen molar-refractivity contribution in [1.29, 1.82) is 0 Å².